The molecule has 5 heteroatoms. The Morgan fingerprint density at radius 1 is 0.920 bits per heavy atom. The maximum atomic E-state index is 12.1. The molecule has 0 bridgehead atoms. The third-order valence-corrected chi connectivity index (χ3v) is 3.77. The van der Waals surface area contributed by atoms with E-state index in [0.717, 1.165) is 5.69 Å². The van der Waals surface area contributed by atoms with Crippen molar-refractivity contribution in [2.45, 2.75) is 32.6 Å². The summed E-state index contributed by atoms with van der Waals surface area (Å²) in [7, 11) is 0. The lowest BCUT2D eigenvalue weighted by Gasteiger charge is -2.19. The Balaban J connectivity index is 1.73. The van der Waals surface area contributed by atoms with Crippen LogP contribution in [0.5, 0.6) is 0 Å². The van der Waals surface area contributed by atoms with Gasteiger partial charge in [-0.3, -0.25) is 20.4 Å². The SMILES string of the molecule is CC(C)(C)c1ccc(C(=O)NCCC(=O)NNc2ccccc2)cc1. The number of nitrogens with one attached hydrogen (secondary N) is 3. The van der Waals surface area contributed by atoms with E-state index in [1.54, 1.807) is 0 Å². The van der Waals surface area contributed by atoms with Crippen molar-refractivity contribution < 1.29 is 9.59 Å². The summed E-state index contributed by atoms with van der Waals surface area (Å²) in [6, 6.07) is 16.9. The molecular formula is C20H25N3O2. The minimum Gasteiger partial charge on any atom is -0.352 e. The fourth-order valence-corrected chi connectivity index (χ4v) is 2.24. The molecule has 0 radical (unpaired) electrons. The molecular weight excluding hydrogens is 314 g/mol. The van der Waals surface area contributed by atoms with Gasteiger partial charge in [-0.15, -0.1) is 0 Å². The van der Waals surface area contributed by atoms with Crippen LogP contribution in [0, 0.1) is 0 Å². The van der Waals surface area contributed by atoms with Crippen LogP contribution in [0.3, 0.4) is 0 Å². The van der Waals surface area contributed by atoms with Crippen LogP contribution in [-0.2, 0) is 10.2 Å². The zero-order valence-corrected chi connectivity index (χ0v) is 14.9. The monoisotopic (exact) mass is 339 g/mol. The standard InChI is InChI=1S/C20H25N3O2/c1-20(2,3)16-11-9-15(10-12-16)19(25)21-14-13-18(24)23-22-17-7-5-4-6-8-17/h4-12,22H,13-14H2,1-3H3,(H,21,25)(H,23,24). The van der Waals surface area contributed by atoms with E-state index in [1.807, 2.05) is 54.6 Å². The zero-order valence-electron chi connectivity index (χ0n) is 14.9. The fourth-order valence-electron chi connectivity index (χ4n) is 2.24. The van der Waals surface area contributed by atoms with Crippen LogP contribution in [0.2, 0.25) is 0 Å². The van der Waals surface area contributed by atoms with Crippen LogP contribution in [0.1, 0.15) is 43.1 Å². The molecule has 0 saturated carbocycles. The quantitative estimate of drug-likeness (QED) is 0.708. The van der Waals surface area contributed by atoms with Gasteiger partial charge in [-0.2, -0.15) is 0 Å². The van der Waals surface area contributed by atoms with Gasteiger partial charge in [0.25, 0.3) is 5.91 Å². The van der Waals surface area contributed by atoms with Crippen molar-refractivity contribution in [3.8, 4) is 0 Å². The predicted octanol–water partition coefficient (Wildman–Crippen LogP) is 3.25. The van der Waals surface area contributed by atoms with Crippen LogP contribution >= 0.6 is 0 Å². The highest BCUT2D eigenvalue weighted by molar-refractivity contribution is 5.94. The molecule has 0 atom stereocenters. The van der Waals surface area contributed by atoms with Gasteiger partial charge in [-0.25, -0.2) is 0 Å². The van der Waals surface area contributed by atoms with E-state index in [9.17, 15) is 9.59 Å². The smallest absolute Gasteiger partial charge is 0.251 e. The molecule has 25 heavy (non-hydrogen) atoms. The van der Waals surface area contributed by atoms with Crippen LogP contribution in [0.4, 0.5) is 5.69 Å². The fraction of sp³-hybridized carbons (Fsp3) is 0.300. The number of anilines is 1. The molecule has 0 unspecified atom stereocenters. The molecule has 3 N–H and O–H groups in total. The summed E-state index contributed by atoms with van der Waals surface area (Å²) in [4.78, 5) is 23.9. The average Bonchev–Trinajstić information content (AvgIpc) is 2.60. The van der Waals surface area contributed by atoms with Crippen LogP contribution in [-0.4, -0.2) is 18.4 Å². The Kier molecular flexibility index (Phi) is 6.17. The molecule has 2 aromatic rings. The number of hydrogen-bond donors (Lipinski definition) is 3. The van der Waals surface area contributed by atoms with Gasteiger partial charge in [-0.1, -0.05) is 51.1 Å². The van der Waals surface area contributed by atoms with Crippen molar-refractivity contribution in [3.05, 3.63) is 65.7 Å². The normalized spacial score (nSPS) is 10.8. The minimum absolute atomic E-state index is 0.0544. The summed E-state index contributed by atoms with van der Waals surface area (Å²) >= 11 is 0. The molecule has 0 saturated heterocycles. The third kappa shape index (κ3) is 5.95. The third-order valence-electron chi connectivity index (χ3n) is 3.77. The molecule has 2 aromatic carbocycles. The predicted molar refractivity (Wildman–Crippen MR) is 100 cm³/mol. The summed E-state index contributed by atoms with van der Waals surface area (Å²) in [6.45, 7) is 6.67. The van der Waals surface area contributed by atoms with Crippen molar-refractivity contribution in [1.82, 2.24) is 10.7 Å². The van der Waals surface area contributed by atoms with E-state index in [4.69, 9.17) is 0 Å². The van der Waals surface area contributed by atoms with Crippen molar-refractivity contribution in [1.29, 1.82) is 0 Å². The molecule has 2 rings (SSSR count). The lowest BCUT2D eigenvalue weighted by molar-refractivity contribution is -0.120. The summed E-state index contributed by atoms with van der Waals surface area (Å²) in [5, 5.41) is 2.76. The van der Waals surface area contributed by atoms with Crippen molar-refractivity contribution in [2.24, 2.45) is 0 Å². The topological polar surface area (TPSA) is 70.2 Å². The maximum Gasteiger partial charge on any atom is 0.251 e. The van der Waals surface area contributed by atoms with E-state index in [-0.39, 0.29) is 30.2 Å². The van der Waals surface area contributed by atoms with Gasteiger partial charge in [-0.05, 0) is 35.2 Å². The van der Waals surface area contributed by atoms with Crippen molar-refractivity contribution in [3.63, 3.8) is 0 Å². The lowest BCUT2D eigenvalue weighted by atomic mass is 9.87. The first kappa shape index (κ1) is 18.5. The van der Waals surface area contributed by atoms with Crippen LogP contribution < -0.4 is 16.2 Å². The van der Waals surface area contributed by atoms with E-state index in [1.165, 1.54) is 5.56 Å². The van der Waals surface area contributed by atoms with Crippen LogP contribution in [0.25, 0.3) is 0 Å². The van der Waals surface area contributed by atoms with Crippen LogP contribution in [0.15, 0.2) is 54.6 Å². The summed E-state index contributed by atoms with van der Waals surface area (Å²) in [5.74, 6) is -0.364. The largest absolute Gasteiger partial charge is 0.352 e. The Morgan fingerprint density at radius 3 is 2.16 bits per heavy atom. The number of hydrogen-bond acceptors (Lipinski definition) is 3. The second-order valence-electron chi connectivity index (χ2n) is 6.87. The Morgan fingerprint density at radius 2 is 1.56 bits per heavy atom. The molecule has 0 aromatic heterocycles. The van der Waals surface area contributed by atoms with Gasteiger partial charge in [0.15, 0.2) is 0 Å². The van der Waals surface area contributed by atoms with E-state index in [0.29, 0.717) is 5.56 Å². The second-order valence-corrected chi connectivity index (χ2v) is 6.87. The van der Waals surface area contributed by atoms with Gasteiger partial charge in [0.05, 0.1) is 5.69 Å². The maximum absolute atomic E-state index is 12.1. The van der Waals surface area contributed by atoms with E-state index in [2.05, 4.69) is 36.9 Å². The van der Waals surface area contributed by atoms with Crippen molar-refractivity contribution >= 4 is 17.5 Å². The van der Waals surface area contributed by atoms with Gasteiger partial charge in [0, 0.05) is 18.5 Å². The number of carbonyl (C=O) groups excluding carboxylic acids is 2. The minimum atomic E-state index is -0.188. The highest BCUT2D eigenvalue weighted by atomic mass is 16.2. The van der Waals surface area contributed by atoms with Gasteiger partial charge in [0.2, 0.25) is 5.91 Å². The first-order chi connectivity index (χ1) is 11.9. The molecule has 0 aliphatic heterocycles. The lowest BCUT2D eigenvalue weighted by Crippen LogP contribution is -2.33. The number of hydrazine groups is 1. The zero-order chi connectivity index (χ0) is 18.3. The average molecular weight is 339 g/mol. The first-order valence-corrected chi connectivity index (χ1v) is 8.35. The molecule has 5 nitrogen and oxygen atoms in total. The van der Waals surface area contributed by atoms with Crippen molar-refractivity contribution in [2.75, 3.05) is 12.0 Å². The molecule has 0 aliphatic rings. The van der Waals surface area contributed by atoms with E-state index >= 15 is 0 Å². The summed E-state index contributed by atoms with van der Waals surface area (Å²) < 4.78 is 0. The van der Waals surface area contributed by atoms with Gasteiger partial charge >= 0.3 is 0 Å². The molecule has 0 spiro atoms. The molecule has 0 fully saturated rings. The van der Waals surface area contributed by atoms with E-state index < -0.39 is 0 Å². The Hall–Kier alpha value is -2.82. The second kappa shape index (κ2) is 8.33. The van der Waals surface area contributed by atoms with Gasteiger partial charge < -0.3 is 5.32 Å². The molecule has 2 amide bonds. The highest BCUT2D eigenvalue weighted by Gasteiger charge is 2.14. The number of carbonyl (C=O) groups is 2. The summed E-state index contributed by atoms with van der Waals surface area (Å²) in [5.41, 5.74) is 8.05. The Labute approximate surface area is 148 Å². The Bertz CT molecular complexity index is 704. The number of amides is 2. The van der Waals surface area contributed by atoms with Gasteiger partial charge in [0.1, 0.15) is 0 Å². The molecule has 132 valence electrons. The summed E-state index contributed by atoms with van der Waals surface area (Å²) in [6.07, 6.45) is 0.200. The molecule has 0 heterocycles. The number of rotatable bonds is 6. The highest BCUT2D eigenvalue weighted by Crippen LogP contribution is 2.22. The molecule has 0 aliphatic carbocycles. The first-order valence-electron chi connectivity index (χ1n) is 8.35. The number of para-hydroxylation sites is 1. The number of benzene rings is 2.